The Morgan fingerprint density at radius 3 is 2.61 bits per heavy atom. The maximum Gasteiger partial charge on any atom is 0.408 e. The molecule has 0 spiro atoms. The van der Waals surface area contributed by atoms with Crippen molar-refractivity contribution in [3.05, 3.63) is 36.7 Å². The molecule has 1 aliphatic rings. The Hall–Kier alpha value is -3.15. The summed E-state index contributed by atoms with van der Waals surface area (Å²) in [6.07, 6.45) is -0.107. The van der Waals surface area contributed by atoms with Gasteiger partial charge in [0.25, 0.3) is 0 Å². The molecule has 0 atom stereocenters. The third-order valence-corrected chi connectivity index (χ3v) is 4.80. The number of para-hydroxylation sites is 1. The van der Waals surface area contributed by atoms with Gasteiger partial charge in [0.05, 0.1) is 23.5 Å². The molecule has 0 aliphatic carbocycles. The normalized spacial score (nSPS) is 15.7. The van der Waals surface area contributed by atoms with Gasteiger partial charge in [-0.3, -0.25) is 4.68 Å². The number of aromatic nitrogens is 4. The van der Waals surface area contributed by atoms with Crippen LogP contribution in [0.3, 0.4) is 0 Å². The number of benzene rings is 1. The molecule has 144 valence electrons. The topological polar surface area (TPSA) is 70.6 Å². The van der Waals surface area contributed by atoms with Crippen molar-refractivity contribution >= 4 is 16.9 Å². The number of rotatable bonds is 3. The smallest absolute Gasteiger partial charge is 0.341 e. The molecule has 1 aliphatic heterocycles. The standard InChI is InChI=1S/C19H17F3N6/c20-19(21,22)12-28-11-14(10-24-28)17-15-3-1-2-4-16(15)25-18(26-17)27-7-5-13(9-23)6-8-27/h1-4,10-11,13H,5-8,12H2. The maximum absolute atomic E-state index is 12.7. The Labute approximate surface area is 159 Å². The minimum Gasteiger partial charge on any atom is -0.341 e. The summed E-state index contributed by atoms with van der Waals surface area (Å²) < 4.78 is 38.8. The molecule has 1 fully saturated rings. The summed E-state index contributed by atoms with van der Waals surface area (Å²) >= 11 is 0. The molecule has 3 aromatic rings. The molecule has 3 heterocycles. The minimum atomic E-state index is -4.34. The van der Waals surface area contributed by atoms with E-state index >= 15 is 0 Å². The number of nitriles is 1. The van der Waals surface area contributed by atoms with Crippen molar-refractivity contribution in [1.82, 2.24) is 19.7 Å². The summed E-state index contributed by atoms with van der Waals surface area (Å²) in [5, 5.41) is 13.7. The first-order chi connectivity index (χ1) is 13.4. The second-order valence-corrected chi connectivity index (χ2v) is 6.82. The van der Waals surface area contributed by atoms with E-state index in [9.17, 15) is 13.2 Å². The molecule has 0 radical (unpaired) electrons. The number of hydrogen-bond donors (Lipinski definition) is 0. The van der Waals surface area contributed by atoms with Crippen molar-refractivity contribution in [3.63, 3.8) is 0 Å². The molecule has 1 saturated heterocycles. The Kier molecular flexibility index (Phi) is 4.63. The van der Waals surface area contributed by atoms with Crippen molar-refractivity contribution < 1.29 is 13.2 Å². The molecule has 28 heavy (non-hydrogen) atoms. The minimum absolute atomic E-state index is 0.0387. The van der Waals surface area contributed by atoms with Crippen molar-refractivity contribution in [3.8, 4) is 17.3 Å². The third-order valence-electron chi connectivity index (χ3n) is 4.80. The lowest BCUT2D eigenvalue weighted by Gasteiger charge is -2.29. The Morgan fingerprint density at radius 2 is 1.89 bits per heavy atom. The summed E-state index contributed by atoms with van der Waals surface area (Å²) in [4.78, 5) is 11.3. The van der Waals surface area contributed by atoms with Crippen LogP contribution >= 0.6 is 0 Å². The van der Waals surface area contributed by atoms with Crippen molar-refractivity contribution in [2.24, 2.45) is 5.92 Å². The van der Waals surface area contributed by atoms with E-state index in [2.05, 4.69) is 21.1 Å². The first-order valence-corrected chi connectivity index (χ1v) is 8.94. The van der Waals surface area contributed by atoms with Crippen LogP contribution in [0.5, 0.6) is 0 Å². The van der Waals surface area contributed by atoms with Crippen LogP contribution in [0.15, 0.2) is 36.7 Å². The summed E-state index contributed by atoms with van der Waals surface area (Å²) in [6, 6.07) is 9.69. The predicted octanol–water partition coefficient (Wildman–Crippen LogP) is 3.80. The average Bonchev–Trinajstić information content (AvgIpc) is 3.13. The van der Waals surface area contributed by atoms with E-state index in [4.69, 9.17) is 5.26 Å². The number of hydrogen-bond acceptors (Lipinski definition) is 5. The zero-order valence-corrected chi connectivity index (χ0v) is 14.9. The fourth-order valence-corrected chi connectivity index (χ4v) is 3.39. The first-order valence-electron chi connectivity index (χ1n) is 8.94. The predicted molar refractivity (Wildman–Crippen MR) is 97.4 cm³/mol. The number of piperidine rings is 1. The molecule has 9 heteroatoms. The van der Waals surface area contributed by atoms with Gasteiger partial charge in [-0.25, -0.2) is 9.97 Å². The van der Waals surface area contributed by atoms with E-state index in [0.717, 1.165) is 22.9 Å². The van der Waals surface area contributed by atoms with E-state index < -0.39 is 12.7 Å². The third kappa shape index (κ3) is 3.76. The zero-order chi connectivity index (χ0) is 19.7. The average molecular weight is 386 g/mol. The molecule has 4 rings (SSSR count). The van der Waals surface area contributed by atoms with Gasteiger partial charge in [0.1, 0.15) is 6.54 Å². The number of anilines is 1. The molecule has 0 bridgehead atoms. The second-order valence-electron chi connectivity index (χ2n) is 6.82. The van der Waals surface area contributed by atoms with Gasteiger partial charge in [0, 0.05) is 36.2 Å². The number of halogens is 3. The van der Waals surface area contributed by atoms with Crippen molar-refractivity contribution in [1.29, 1.82) is 5.26 Å². The van der Waals surface area contributed by atoms with Crippen molar-refractivity contribution in [2.75, 3.05) is 18.0 Å². The fraction of sp³-hybridized carbons (Fsp3) is 0.368. The lowest BCUT2D eigenvalue weighted by atomic mass is 9.99. The molecule has 0 unspecified atom stereocenters. The SMILES string of the molecule is N#CC1CCN(c2nc(-c3cnn(CC(F)(F)F)c3)c3ccccc3n2)CC1. The van der Waals surface area contributed by atoms with E-state index in [-0.39, 0.29) is 5.92 Å². The van der Waals surface area contributed by atoms with Crippen LogP contribution in [0.25, 0.3) is 22.2 Å². The fourth-order valence-electron chi connectivity index (χ4n) is 3.39. The summed E-state index contributed by atoms with van der Waals surface area (Å²) in [7, 11) is 0. The molecule has 0 amide bonds. The van der Waals surface area contributed by atoms with Crippen LogP contribution in [0.2, 0.25) is 0 Å². The summed E-state index contributed by atoms with van der Waals surface area (Å²) in [5.74, 6) is 0.561. The highest BCUT2D eigenvalue weighted by Crippen LogP contribution is 2.30. The van der Waals surface area contributed by atoms with Crippen LogP contribution in [0, 0.1) is 17.2 Å². The van der Waals surface area contributed by atoms with Crippen LogP contribution in [0.1, 0.15) is 12.8 Å². The molecule has 2 aromatic heterocycles. The van der Waals surface area contributed by atoms with E-state index in [1.807, 2.05) is 29.2 Å². The molecule has 0 N–H and O–H groups in total. The first kappa shape index (κ1) is 18.2. The lowest BCUT2D eigenvalue weighted by molar-refractivity contribution is -0.142. The molecule has 6 nitrogen and oxygen atoms in total. The number of nitrogens with zero attached hydrogens (tertiary/aromatic N) is 6. The highest BCUT2D eigenvalue weighted by atomic mass is 19.4. The molecular formula is C19H17F3N6. The van der Waals surface area contributed by atoms with Gasteiger partial charge in [-0.15, -0.1) is 0 Å². The Morgan fingerprint density at radius 1 is 1.14 bits per heavy atom. The molecule has 1 aromatic carbocycles. The maximum atomic E-state index is 12.7. The lowest BCUT2D eigenvalue weighted by Crippen LogP contribution is -2.34. The summed E-state index contributed by atoms with van der Waals surface area (Å²) in [6.45, 7) is 0.192. The van der Waals surface area contributed by atoms with Crippen LogP contribution < -0.4 is 4.90 Å². The monoisotopic (exact) mass is 386 g/mol. The molecular weight excluding hydrogens is 369 g/mol. The molecule has 0 saturated carbocycles. The van der Waals surface area contributed by atoms with Crippen LogP contribution in [-0.2, 0) is 6.54 Å². The highest BCUT2D eigenvalue weighted by Gasteiger charge is 2.29. The van der Waals surface area contributed by atoms with Gasteiger partial charge in [-0.1, -0.05) is 18.2 Å². The van der Waals surface area contributed by atoms with Gasteiger partial charge in [0.15, 0.2) is 0 Å². The van der Waals surface area contributed by atoms with Gasteiger partial charge in [0.2, 0.25) is 5.95 Å². The quantitative estimate of drug-likeness (QED) is 0.685. The van der Waals surface area contributed by atoms with Gasteiger partial charge < -0.3 is 4.90 Å². The van der Waals surface area contributed by atoms with E-state index in [1.165, 1.54) is 12.4 Å². The van der Waals surface area contributed by atoms with Gasteiger partial charge in [-0.2, -0.15) is 23.5 Å². The zero-order valence-electron chi connectivity index (χ0n) is 14.9. The van der Waals surface area contributed by atoms with E-state index in [0.29, 0.717) is 35.8 Å². The second kappa shape index (κ2) is 7.11. The largest absolute Gasteiger partial charge is 0.408 e. The Bertz CT molecular complexity index is 1030. The van der Waals surface area contributed by atoms with Crippen LogP contribution in [-0.4, -0.2) is 39.0 Å². The highest BCUT2D eigenvalue weighted by molar-refractivity contribution is 5.92. The number of fused-ring (bicyclic) bond motifs is 1. The summed E-state index contributed by atoms with van der Waals surface area (Å²) in [5.41, 5.74) is 1.78. The van der Waals surface area contributed by atoms with E-state index in [1.54, 1.807) is 0 Å². The van der Waals surface area contributed by atoms with Gasteiger partial charge >= 0.3 is 6.18 Å². The van der Waals surface area contributed by atoms with Crippen molar-refractivity contribution in [2.45, 2.75) is 25.6 Å². The Balaban J connectivity index is 1.72. The van der Waals surface area contributed by atoms with Gasteiger partial charge in [-0.05, 0) is 18.9 Å². The number of alkyl halides is 3. The van der Waals surface area contributed by atoms with Crippen LogP contribution in [0.4, 0.5) is 19.1 Å².